The summed E-state index contributed by atoms with van der Waals surface area (Å²) in [4.78, 5) is 12.2. The number of carbonyl (C=O) groups is 1. The Kier molecular flexibility index (Phi) is 5.44. The van der Waals surface area contributed by atoms with Crippen LogP contribution >= 0.6 is 15.9 Å². The molecule has 0 spiro atoms. The lowest BCUT2D eigenvalue weighted by Crippen LogP contribution is -2.38. The molecule has 1 amide bonds. The van der Waals surface area contributed by atoms with Gasteiger partial charge >= 0.3 is 0 Å². The summed E-state index contributed by atoms with van der Waals surface area (Å²) in [5, 5.41) is 4.04. The van der Waals surface area contributed by atoms with Gasteiger partial charge in [-0.15, -0.1) is 0 Å². The Morgan fingerprint density at radius 1 is 1.21 bits per heavy atom. The number of benzene rings is 1. The Bertz CT molecular complexity index is 415. The predicted molar refractivity (Wildman–Crippen MR) is 82.6 cm³/mol. The second-order valence-electron chi connectivity index (χ2n) is 5.53. The van der Waals surface area contributed by atoms with E-state index in [0.29, 0.717) is 12.0 Å². The van der Waals surface area contributed by atoms with Crippen molar-refractivity contribution in [1.29, 1.82) is 0 Å². The number of halogens is 1. The molecule has 1 aliphatic rings. The van der Waals surface area contributed by atoms with Crippen molar-refractivity contribution in [3.8, 4) is 0 Å². The summed E-state index contributed by atoms with van der Waals surface area (Å²) in [7, 11) is 0. The van der Waals surface area contributed by atoms with Crippen molar-refractivity contribution in [3.05, 3.63) is 35.4 Å². The first-order valence-electron chi connectivity index (χ1n) is 7.16. The highest BCUT2D eigenvalue weighted by atomic mass is 79.9. The number of rotatable bonds is 3. The van der Waals surface area contributed by atoms with Crippen LogP contribution in [0.15, 0.2) is 24.3 Å². The molecule has 0 bridgehead atoms. The first kappa shape index (κ1) is 14.6. The van der Waals surface area contributed by atoms with E-state index in [2.05, 4.69) is 28.2 Å². The van der Waals surface area contributed by atoms with Gasteiger partial charge in [0.1, 0.15) is 0 Å². The van der Waals surface area contributed by atoms with E-state index in [4.69, 9.17) is 0 Å². The average molecular weight is 324 g/mol. The Balaban J connectivity index is 1.98. The third-order valence-corrected chi connectivity index (χ3v) is 4.70. The van der Waals surface area contributed by atoms with Gasteiger partial charge in [0.25, 0.3) is 5.91 Å². The molecule has 0 saturated heterocycles. The van der Waals surface area contributed by atoms with E-state index in [0.717, 1.165) is 17.3 Å². The minimum absolute atomic E-state index is 0.0693. The molecule has 2 atom stereocenters. The highest BCUT2D eigenvalue weighted by molar-refractivity contribution is 9.08. The maximum atomic E-state index is 12.2. The Hall–Kier alpha value is -0.830. The van der Waals surface area contributed by atoms with E-state index < -0.39 is 0 Å². The molecule has 1 aliphatic carbocycles. The molecule has 1 saturated carbocycles. The molecule has 104 valence electrons. The number of nitrogens with one attached hydrogen (secondary N) is 1. The van der Waals surface area contributed by atoms with Crippen LogP contribution in [0.1, 0.15) is 54.9 Å². The average Bonchev–Trinajstić information content (AvgIpc) is 2.64. The lowest BCUT2D eigenvalue weighted by Gasteiger charge is -2.22. The first-order chi connectivity index (χ1) is 9.20. The van der Waals surface area contributed by atoms with Gasteiger partial charge in [0, 0.05) is 16.9 Å². The van der Waals surface area contributed by atoms with Gasteiger partial charge in [-0.05, 0) is 36.5 Å². The highest BCUT2D eigenvalue weighted by Crippen LogP contribution is 2.23. The fraction of sp³-hybridized carbons (Fsp3) is 0.562. The summed E-state index contributed by atoms with van der Waals surface area (Å²) in [6.07, 6.45) is 6.18. The number of hydrogen-bond acceptors (Lipinski definition) is 1. The third kappa shape index (κ3) is 4.07. The first-order valence-corrected chi connectivity index (χ1v) is 8.28. The monoisotopic (exact) mass is 323 g/mol. The van der Waals surface area contributed by atoms with Crippen molar-refractivity contribution in [2.45, 2.75) is 50.4 Å². The molecule has 0 aliphatic heterocycles. The van der Waals surface area contributed by atoms with Gasteiger partial charge in [0.2, 0.25) is 0 Å². The topological polar surface area (TPSA) is 29.1 Å². The van der Waals surface area contributed by atoms with Crippen molar-refractivity contribution in [1.82, 2.24) is 5.32 Å². The molecule has 0 aromatic heterocycles. The number of carbonyl (C=O) groups excluding carboxylic acids is 1. The number of alkyl halides is 1. The molecule has 2 unspecified atom stereocenters. The Morgan fingerprint density at radius 3 is 2.58 bits per heavy atom. The highest BCUT2D eigenvalue weighted by Gasteiger charge is 2.21. The van der Waals surface area contributed by atoms with Crippen LogP contribution in [0.3, 0.4) is 0 Å². The molecular weight excluding hydrogens is 302 g/mol. The minimum atomic E-state index is 0.0693. The molecule has 1 aromatic carbocycles. The lowest BCUT2D eigenvalue weighted by atomic mass is 9.96. The molecule has 0 radical (unpaired) electrons. The zero-order chi connectivity index (χ0) is 13.7. The van der Waals surface area contributed by atoms with Crippen LogP contribution in [0.2, 0.25) is 0 Å². The smallest absolute Gasteiger partial charge is 0.251 e. The van der Waals surface area contributed by atoms with Gasteiger partial charge in [-0.2, -0.15) is 0 Å². The summed E-state index contributed by atoms with van der Waals surface area (Å²) in [5.74, 6) is 0.660. The standard InChI is InChI=1S/C16H22BrNO/c1-12-5-3-2-4-6-15(12)18-16(19)14-9-7-13(11-17)8-10-14/h7-10,12,15H,2-6,11H2,1H3,(H,18,19). The zero-order valence-electron chi connectivity index (χ0n) is 11.5. The van der Waals surface area contributed by atoms with E-state index in [1.165, 1.54) is 31.2 Å². The van der Waals surface area contributed by atoms with Crippen molar-refractivity contribution >= 4 is 21.8 Å². The fourth-order valence-corrected chi connectivity index (χ4v) is 3.08. The van der Waals surface area contributed by atoms with Crippen LogP contribution in [0.4, 0.5) is 0 Å². The minimum Gasteiger partial charge on any atom is -0.349 e. The van der Waals surface area contributed by atoms with Gasteiger partial charge in [-0.3, -0.25) is 4.79 Å². The number of amides is 1. The van der Waals surface area contributed by atoms with Gasteiger partial charge in [-0.25, -0.2) is 0 Å². The molecule has 2 nitrogen and oxygen atoms in total. The molecule has 1 aromatic rings. The lowest BCUT2D eigenvalue weighted by molar-refractivity contribution is 0.0921. The molecular formula is C16H22BrNO. The molecule has 0 heterocycles. The summed E-state index contributed by atoms with van der Waals surface area (Å²) >= 11 is 3.41. The zero-order valence-corrected chi connectivity index (χ0v) is 13.1. The van der Waals surface area contributed by atoms with E-state index >= 15 is 0 Å². The summed E-state index contributed by atoms with van der Waals surface area (Å²) in [6.45, 7) is 2.25. The van der Waals surface area contributed by atoms with Crippen LogP contribution in [0.5, 0.6) is 0 Å². The van der Waals surface area contributed by atoms with Crippen molar-refractivity contribution in [3.63, 3.8) is 0 Å². The van der Waals surface area contributed by atoms with Crippen molar-refractivity contribution in [2.75, 3.05) is 0 Å². The Morgan fingerprint density at radius 2 is 1.89 bits per heavy atom. The van der Waals surface area contributed by atoms with Crippen molar-refractivity contribution < 1.29 is 4.79 Å². The maximum absolute atomic E-state index is 12.2. The van der Waals surface area contributed by atoms with Gasteiger partial charge in [0.15, 0.2) is 0 Å². The largest absolute Gasteiger partial charge is 0.349 e. The van der Waals surface area contributed by atoms with E-state index in [9.17, 15) is 4.79 Å². The second kappa shape index (κ2) is 7.09. The molecule has 3 heteroatoms. The quantitative estimate of drug-likeness (QED) is 0.652. The number of hydrogen-bond donors (Lipinski definition) is 1. The van der Waals surface area contributed by atoms with E-state index in [1.807, 2.05) is 24.3 Å². The molecule has 1 N–H and O–H groups in total. The van der Waals surface area contributed by atoms with Crippen LogP contribution in [-0.4, -0.2) is 11.9 Å². The fourth-order valence-electron chi connectivity index (χ4n) is 2.70. The van der Waals surface area contributed by atoms with Crippen LogP contribution in [0.25, 0.3) is 0 Å². The predicted octanol–water partition coefficient (Wildman–Crippen LogP) is 4.28. The summed E-state index contributed by atoms with van der Waals surface area (Å²) in [6, 6.07) is 8.16. The van der Waals surface area contributed by atoms with Crippen LogP contribution < -0.4 is 5.32 Å². The Labute approximate surface area is 124 Å². The van der Waals surface area contributed by atoms with Crippen molar-refractivity contribution in [2.24, 2.45) is 5.92 Å². The molecule has 1 fully saturated rings. The van der Waals surface area contributed by atoms with Crippen LogP contribution in [0, 0.1) is 5.92 Å². The molecule has 2 rings (SSSR count). The second-order valence-corrected chi connectivity index (χ2v) is 6.09. The maximum Gasteiger partial charge on any atom is 0.251 e. The van der Waals surface area contributed by atoms with Crippen LogP contribution in [-0.2, 0) is 5.33 Å². The van der Waals surface area contributed by atoms with E-state index in [-0.39, 0.29) is 5.91 Å². The summed E-state index contributed by atoms with van der Waals surface area (Å²) in [5.41, 5.74) is 1.96. The van der Waals surface area contributed by atoms with Gasteiger partial charge in [-0.1, -0.05) is 54.2 Å². The van der Waals surface area contributed by atoms with Gasteiger partial charge in [0.05, 0.1) is 0 Å². The summed E-state index contributed by atoms with van der Waals surface area (Å²) < 4.78 is 0. The molecule has 19 heavy (non-hydrogen) atoms. The normalized spacial score (nSPS) is 23.7. The van der Waals surface area contributed by atoms with E-state index in [1.54, 1.807) is 0 Å². The van der Waals surface area contributed by atoms with Gasteiger partial charge < -0.3 is 5.32 Å². The third-order valence-electron chi connectivity index (χ3n) is 4.05. The SMILES string of the molecule is CC1CCCCCC1NC(=O)c1ccc(CBr)cc1.